The topological polar surface area (TPSA) is 34.5 Å². The lowest BCUT2D eigenvalue weighted by Gasteiger charge is -2.22. The zero-order valence-electron chi connectivity index (χ0n) is 15.7. The van der Waals surface area contributed by atoms with Gasteiger partial charge in [0.05, 0.1) is 12.6 Å². The van der Waals surface area contributed by atoms with Crippen LogP contribution in [0.5, 0.6) is 5.75 Å². The van der Waals surface area contributed by atoms with E-state index in [1.807, 2.05) is 35.2 Å². The third-order valence-electron chi connectivity index (χ3n) is 6.08. The SMILES string of the molecule is COc1ccc2c3c1c1c(n3CCC2)CCN(C(=O)c2ccccc2)CC1. The van der Waals surface area contributed by atoms with E-state index in [1.165, 1.54) is 34.1 Å². The van der Waals surface area contributed by atoms with Crippen LogP contribution in [0.25, 0.3) is 10.9 Å². The molecule has 0 aliphatic carbocycles. The van der Waals surface area contributed by atoms with E-state index in [-0.39, 0.29) is 5.91 Å². The molecule has 0 atom stereocenters. The number of nitrogens with zero attached hydrogens (tertiary/aromatic N) is 2. The fourth-order valence-corrected chi connectivity index (χ4v) is 4.83. The fraction of sp³-hybridized carbons (Fsp3) is 0.348. The molecule has 2 aliphatic heterocycles. The lowest BCUT2D eigenvalue weighted by molar-refractivity contribution is 0.0762. The molecule has 3 heterocycles. The van der Waals surface area contributed by atoms with Crippen molar-refractivity contribution in [1.29, 1.82) is 0 Å². The van der Waals surface area contributed by atoms with E-state index in [2.05, 4.69) is 16.7 Å². The Morgan fingerprint density at radius 3 is 2.59 bits per heavy atom. The molecular weight excluding hydrogens is 336 g/mol. The lowest BCUT2D eigenvalue weighted by atomic mass is 10.0. The summed E-state index contributed by atoms with van der Waals surface area (Å²) in [5.74, 6) is 1.10. The number of carbonyl (C=O) groups excluding carboxylic acids is 1. The number of amides is 1. The van der Waals surface area contributed by atoms with Crippen LogP contribution in [0.15, 0.2) is 42.5 Å². The molecule has 27 heavy (non-hydrogen) atoms. The fourth-order valence-electron chi connectivity index (χ4n) is 4.83. The Morgan fingerprint density at radius 2 is 1.78 bits per heavy atom. The summed E-state index contributed by atoms with van der Waals surface area (Å²) < 4.78 is 8.22. The highest BCUT2D eigenvalue weighted by Crippen LogP contribution is 2.40. The van der Waals surface area contributed by atoms with Crippen LogP contribution in [0, 0.1) is 0 Å². The first kappa shape index (κ1) is 16.4. The summed E-state index contributed by atoms with van der Waals surface area (Å²) >= 11 is 0. The minimum atomic E-state index is 0.136. The van der Waals surface area contributed by atoms with Gasteiger partial charge in [-0.25, -0.2) is 0 Å². The van der Waals surface area contributed by atoms with Crippen molar-refractivity contribution in [2.24, 2.45) is 0 Å². The standard InChI is InChI=1S/C23H24N2O2/c1-27-20-10-9-16-8-5-13-25-19-12-15-24(14-11-18(19)21(20)22(16)25)23(26)17-6-3-2-4-7-17/h2-4,6-7,9-10H,5,8,11-15H2,1H3. The Bertz CT molecular complexity index is 1020. The number of benzene rings is 2. The highest BCUT2D eigenvalue weighted by atomic mass is 16.5. The van der Waals surface area contributed by atoms with Crippen LogP contribution in [0.1, 0.15) is 33.6 Å². The predicted octanol–water partition coefficient (Wildman–Crippen LogP) is 3.84. The van der Waals surface area contributed by atoms with Crippen LogP contribution < -0.4 is 4.74 Å². The monoisotopic (exact) mass is 360 g/mol. The molecule has 0 unspecified atom stereocenters. The second-order valence-electron chi connectivity index (χ2n) is 7.49. The number of methoxy groups -OCH3 is 1. The number of carbonyl (C=O) groups is 1. The van der Waals surface area contributed by atoms with Crippen molar-refractivity contribution in [3.63, 3.8) is 0 Å². The van der Waals surface area contributed by atoms with Crippen LogP contribution in [0.4, 0.5) is 0 Å². The van der Waals surface area contributed by atoms with Crippen LogP contribution in [0.2, 0.25) is 0 Å². The second kappa shape index (κ2) is 6.45. The highest BCUT2D eigenvalue weighted by Gasteiger charge is 2.28. The zero-order valence-corrected chi connectivity index (χ0v) is 15.7. The number of aryl methyl sites for hydroxylation is 2. The summed E-state index contributed by atoms with van der Waals surface area (Å²) in [7, 11) is 1.76. The molecule has 1 aromatic heterocycles. The van der Waals surface area contributed by atoms with Gasteiger partial charge in [-0.15, -0.1) is 0 Å². The van der Waals surface area contributed by atoms with E-state index < -0.39 is 0 Å². The van der Waals surface area contributed by atoms with Gasteiger partial charge >= 0.3 is 0 Å². The van der Waals surface area contributed by atoms with Gasteiger partial charge in [0.25, 0.3) is 5.91 Å². The van der Waals surface area contributed by atoms with Crippen LogP contribution in [-0.2, 0) is 25.8 Å². The first-order valence-electron chi connectivity index (χ1n) is 9.82. The molecule has 0 saturated heterocycles. The number of rotatable bonds is 2. The van der Waals surface area contributed by atoms with Crippen LogP contribution in [0.3, 0.4) is 0 Å². The molecule has 0 fully saturated rings. The van der Waals surface area contributed by atoms with Crippen molar-refractivity contribution in [1.82, 2.24) is 9.47 Å². The van der Waals surface area contributed by atoms with Gasteiger partial charge in [-0.1, -0.05) is 24.3 Å². The predicted molar refractivity (Wildman–Crippen MR) is 107 cm³/mol. The number of ether oxygens (including phenoxy) is 1. The maximum Gasteiger partial charge on any atom is 0.253 e. The minimum absolute atomic E-state index is 0.136. The molecule has 0 radical (unpaired) electrons. The molecule has 2 aliphatic rings. The van der Waals surface area contributed by atoms with Gasteiger partial charge in [-0.2, -0.15) is 0 Å². The number of fused-ring (bicyclic) bond motifs is 3. The van der Waals surface area contributed by atoms with Crippen molar-refractivity contribution in [3.05, 3.63) is 64.8 Å². The van der Waals surface area contributed by atoms with Crippen LogP contribution in [-0.4, -0.2) is 35.6 Å². The first-order chi connectivity index (χ1) is 13.3. The summed E-state index contributed by atoms with van der Waals surface area (Å²) in [6.45, 7) is 2.60. The van der Waals surface area contributed by atoms with Crippen LogP contribution >= 0.6 is 0 Å². The molecule has 4 heteroatoms. The Balaban J connectivity index is 1.55. The molecule has 0 saturated carbocycles. The molecule has 3 aromatic rings. The first-order valence-corrected chi connectivity index (χ1v) is 9.82. The summed E-state index contributed by atoms with van der Waals surface area (Å²) in [4.78, 5) is 14.9. The summed E-state index contributed by atoms with van der Waals surface area (Å²) in [5.41, 5.74) is 6.36. The van der Waals surface area contributed by atoms with Gasteiger partial charge in [0, 0.05) is 42.7 Å². The number of hydrogen-bond acceptors (Lipinski definition) is 2. The van der Waals surface area contributed by atoms with Gasteiger partial charge < -0.3 is 14.2 Å². The average Bonchev–Trinajstić information content (AvgIpc) is 2.89. The highest BCUT2D eigenvalue weighted by molar-refractivity contribution is 5.96. The van der Waals surface area contributed by atoms with Gasteiger partial charge in [0.1, 0.15) is 5.75 Å². The molecule has 5 rings (SSSR count). The van der Waals surface area contributed by atoms with E-state index in [4.69, 9.17) is 4.74 Å². The maximum atomic E-state index is 12.9. The molecule has 1 amide bonds. The number of aromatic nitrogens is 1. The smallest absolute Gasteiger partial charge is 0.253 e. The molecule has 138 valence electrons. The average molecular weight is 360 g/mol. The van der Waals surface area contributed by atoms with Crippen molar-refractivity contribution in [2.45, 2.75) is 32.2 Å². The molecular formula is C23H24N2O2. The number of hydrogen-bond donors (Lipinski definition) is 0. The molecule has 2 aromatic carbocycles. The Labute approximate surface area is 159 Å². The van der Waals surface area contributed by atoms with E-state index >= 15 is 0 Å². The molecule has 4 nitrogen and oxygen atoms in total. The molecule has 0 N–H and O–H groups in total. The molecule has 0 spiro atoms. The quantitative estimate of drug-likeness (QED) is 0.696. The summed E-state index contributed by atoms with van der Waals surface area (Å²) in [5, 5.41) is 1.28. The normalized spacial score (nSPS) is 16.1. The lowest BCUT2D eigenvalue weighted by Crippen LogP contribution is -2.33. The van der Waals surface area contributed by atoms with Crippen molar-refractivity contribution in [3.8, 4) is 5.75 Å². The maximum absolute atomic E-state index is 12.9. The third kappa shape index (κ3) is 2.54. The Morgan fingerprint density at radius 1 is 0.963 bits per heavy atom. The van der Waals surface area contributed by atoms with E-state index in [0.29, 0.717) is 0 Å². The van der Waals surface area contributed by atoms with Gasteiger partial charge in [-0.05, 0) is 48.6 Å². The van der Waals surface area contributed by atoms with E-state index in [1.54, 1.807) is 7.11 Å². The Hall–Kier alpha value is -2.75. The van der Waals surface area contributed by atoms with Crippen molar-refractivity contribution in [2.75, 3.05) is 20.2 Å². The third-order valence-corrected chi connectivity index (χ3v) is 6.08. The van der Waals surface area contributed by atoms with Gasteiger partial charge in [0.15, 0.2) is 0 Å². The van der Waals surface area contributed by atoms with Gasteiger partial charge in [0.2, 0.25) is 0 Å². The minimum Gasteiger partial charge on any atom is -0.496 e. The van der Waals surface area contributed by atoms with Gasteiger partial charge in [-0.3, -0.25) is 4.79 Å². The van der Waals surface area contributed by atoms with Crippen molar-refractivity contribution >= 4 is 16.8 Å². The largest absolute Gasteiger partial charge is 0.496 e. The van der Waals surface area contributed by atoms with E-state index in [0.717, 1.165) is 50.2 Å². The van der Waals surface area contributed by atoms with E-state index in [9.17, 15) is 4.79 Å². The Kier molecular flexibility index (Phi) is 3.92. The molecule has 0 bridgehead atoms. The second-order valence-corrected chi connectivity index (χ2v) is 7.49. The van der Waals surface area contributed by atoms with Crippen molar-refractivity contribution < 1.29 is 9.53 Å². The summed E-state index contributed by atoms with van der Waals surface area (Å²) in [6.07, 6.45) is 4.12. The zero-order chi connectivity index (χ0) is 18.4. The summed E-state index contributed by atoms with van der Waals surface area (Å²) in [6, 6.07) is 14.0.